The zero-order chi connectivity index (χ0) is 15.9. The molecule has 0 radical (unpaired) electrons. The zero-order valence-electron chi connectivity index (χ0n) is 12.0. The normalized spacial score (nSPS) is 11.2. The summed E-state index contributed by atoms with van der Waals surface area (Å²) in [6.07, 6.45) is 5.30. The molecular formula is C14H14N4O4. The highest BCUT2D eigenvalue weighted by Gasteiger charge is 2.10. The molecule has 0 spiro atoms. The molecule has 2 aromatic heterocycles. The summed E-state index contributed by atoms with van der Waals surface area (Å²) in [7, 11) is 0. The number of hydrogen-bond donors (Lipinski definition) is 2. The Morgan fingerprint density at radius 1 is 0.909 bits per heavy atom. The summed E-state index contributed by atoms with van der Waals surface area (Å²) < 4.78 is 10.0. The molecule has 2 N–H and O–H groups in total. The first-order valence-electron chi connectivity index (χ1n) is 6.33. The van der Waals surface area contributed by atoms with Crippen molar-refractivity contribution in [1.82, 2.24) is 10.9 Å². The molecule has 8 nitrogen and oxygen atoms in total. The van der Waals surface area contributed by atoms with E-state index in [-0.39, 0.29) is 0 Å². The molecular weight excluding hydrogens is 288 g/mol. The maximum absolute atomic E-state index is 11.7. The number of rotatable bonds is 5. The van der Waals surface area contributed by atoms with Crippen LogP contribution < -0.4 is 10.9 Å². The van der Waals surface area contributed by atoms with Crippen LogP contribution in [-0.2, 0) is 0 Å². The molecule has 0 saturated carbocycles. The van der Waals surface area contributed by atoms with Gasteiger partial charge >= 0.3 is 0 Å². The van der Waals surface area contributed by atoms with E-state index < -0.39 is 11.8 Å². The average Bonchev–Trinajstić information content (AvgIpc) is 3.10. The number of hydrazone groups is 2. The molecule has 0 bridgehead atoms. The van der Waals surface area contributed by atoms with E-state index in [1.807, 2.05) is 0 Å². The van der Waals surface area contributed by atoms with Crippen molar-refractivity contribution in [2.75, 3.05) is 0 Å². The maximum Gasteiger partial charge on any atom is 0.274 e. The van der Waals surface area contributed by atoms with Gasteiger partial charge in [-0.25, -0.2) is 10.9 Å². The van der Waals surface area contributed by atoms with Crippen molar-refractivity contribution in [3.05, 3.63) is 47.3 Å². The molecule has 2 aromatic rings. The van der Waals surface area contributed by atoms with Crippen LogP contribution in [0, 0.1) is 13.8 Å². The van der Waals surface area contributed by atoms with Crippen molar-refractivity contribution in [3.63, 3.8) is 0 Å². The summed E-state index contributed by atoms with van der Waals surface area (Å²) in [5.74, 6) is 0.219. The third-order valence-corrected chi connectivity index (χ3v) is 2.75. The Balaban J connectivity index is 1.78. The zero-order valence-corrected chi connectivity index (χ0v) is 12.0. The van der Waals surface area contributed by atoms with Gasteiger partial charge in [-0.1, -0.05) is 0 Å². The predicted molar refractivity (Wildman–Crippen MR) is 78.8 cm³/mol. The van der Waals surface area contributed by atoms with Gasteiger partial charge in [0.2, 0.25) is 0 Å². The molecule has 0 aliphatic rings. The predicted octanol–water partition coefficient (Wildman–Crippen LogP) is 1.62. The molecule has 0 atom stereocenters. The van der Waals surface area contributed by atoms with E-state index in [4.69, 9.17) is 8.83 Å². The molecule has 0 aliphatic heterocycles. The van der Waals surface area contributed by atoms with Crippen LogP contribution in [0.1, 0.15) is 32.2 Å². The van der Waals surface area contributed by atoms with E-state index in [1.165, 1.54) is 25.0 Å². The van der Waals surface area contributed by atoms with Gasteiger partial charge in [-0.2, -0.15) is 10.2 Å². The molecule has 22 heavy (non-hydrogen) atoms. The molecule has 0 saturated heterocycles. The minimum absolute atomic E-state index is 0.394. The fraction of sp³-hybridized carbons (Fsp3) is 0.143. The van der Waals surface area contributed by atoms with Gasteiger partial charge in [-0.15, -0.1) is 0 Å². The second-order valence-corrected chi connectivity index (χ2v) is 4.22. The second-order valence-electron chi connectivity index (χ2n) is 4.22. The van der Waals surface area contributed by atoms with E-state index in [0.717, 1.165) is 0 Å². The van der Waals surface area contributed by atoms with Gasteiger partial charge in [0.25, 0.3) is 11.8 Å². The van der Waals surface area contributed by atoms with Crippen molar-refractivity contribution in [2.24, 2.45) is 10.2 Å². The molecule has 0 aliphatic carbocycles. The van der Waals surface area contributed by atoms with Crippen LogP contribution in [0.2, 0.25) is 0 Å². The van der Waals surface area contributed by atoms with Crippen molar-refractivity contribution in [1.29, 1.82) is 0 Å². The highest BCUT2D eigenvalue weighted by molar-refractivity contribution is 6.16. The minimum atomic E-state index is -0.394. The molecule has 8 heteroatoms. The first kappa shape index (κ1) is 15.2. The Labute approximate surface area is 125 Å². The molecule has 2 rings (SSSR count). The highest BCUT2D eigenvalue weighted by atomic mass is 16.3. The SMILES string of the molecule is Cc1occc1C(=O)NN=CC=NNC(=O)c1ccoc1C. The van der Waals surface area contributed by atoms with Crippen LogP contribution in [-0.4, -0.2) is 24.2 Å². The lowest BCUT2D eigenvalue weighted by atomic mass is 10.2. The van der Waals surface area contributed by atoms with Gasteiger partial charge in [0.1, 0.15) is 11.5 Å². The summed E-state index contributed by atoms with van der Waals surface area (Å²) in [4.78, 5) is 23.3. The largest absolute Gasteiger partial charge is 0.469 e. The van der Waals surface area contributed by atoms with Crippen molar-refractivity contribution in [3.8, 4) is 0 Å². The van der Waals surface area contributed by atoms with E-state index in [9.17, 15) is 9.59 Å². The minimum Gasteiger partial charge on any atom is -0.469 e. The van der Waals surface area contributed by atoms with E-state index in [2.05, 4.69) is 21.1 Å². The van der Waals surface area contributed by atoms with Gasteiger partial charge in [0.15, 0.2) is 0 Å². The topological polar surface area (TPSA) is 109 Å². The van der Waals surface area contributed by atoms with Crippen molar-refractivity contribution >= 4 is 24.2 Å². The van der Waals surface area contributed by atoms with Crippen LogP contribution in [0.25, 0.3) is 0 Å². The van der Waals surface area contributed by atoms with Crippen LogP contribution >= 0.6 is 0 Å². The lowest BCUT2D eigenvalue weighted by Gasteiger charge is -1.96. The van der Waals surface area contributed by atoms with E-state index in [0.29, 0.717) is 22.6 Å². The first-order chi connectivity index (χ1) is 10.6. The van der Waals surface area contributed by atoms with Crippen molar-refractivity contribution < 1.29 is 18.4 Å². The van der Waals surface area contributed by atoms with Crippen molar-refractivity contribution in [2.45, 2.75) is 13.8 Å². The smallest absolute Gasteiger partial charge is 0.274 e. The fourth-order valence-electron chi connectivity index (χ4n) is 1.62. The molecule has 2 heterocycles. The monoisotopic (exact) mass is 302 g/mol. The lowest BCUT2D eigenvalue weighted by Crippen LogP contribution is -2.19. The first-order valence-corrected chi connectivity index (χ1v) is 6.33. The Hall–Kier alpha value is -3.16. The van der Waals surface area contributed by atoms with Gasteiger partial charge < -0.3 is 8.83 Å². The Morgan fingerprint density at radius 2 is 1.32 bits per heavy atom. The Bertz CT molecular complexity index is 665. The Kier molecular flexibility index (Phi) is 4.86. The summed E-state index contributed by atoms with van der Waals surface area (Å²) in [6.45, 7) is 3.35. The maximum atomic E-state index is 11.7. The third-order valence-electron chi connectivity index (χ3n) is 2.75. The fourth-order valence-corrected chi connectivity index (χ4v) is 1.62. The van der Waals surface area contributed by atoms with Crippen LogP contribution in [0.5, 0.6) is 0 Å². The van der Waals surface area contributed by atoms with E-state index >= 15 is 0 Å². The second kappa shape index (κ2) is 7.02. The lowest BCUT2D eigenvalue weighted by molar-refractivity contribution is 0.0945. The number of carbonyl (C=O) groups excluding carboxylic acids is 2. The number of furan rings is 2. The number of amides is 2. The summed E-state index contributed by atoms with van der Waals surface area (Å²) in [5.41, 5.74) is 5.41. The van der Waals surface area contributed by atoms with Crippen LogP contribution in [0.3, 0.4) is 0 Å². The summed E-state index contributed by atoms with van der Waals surface area (Å²) in [5, 5.41) is 7.32. The third kappa shape index (κ3) is 3.69. The van der Waals surface area contributed by atoms with Gasteiger partial charge in [-0.3, -0.25) is 9.59 Å². The molecule has 0 fully saturated rings. The summed E-state index contributed by atoms with van der Waals surface area (Å²) >= 11 is 0. The quantitative estimate of drug-likeness (QED) is 0.646. The van der Waals surface area contributed by atoms with Crippen LogP contribution in [0.15, 0.2) is 43.7 Å². The number of nitrogens with zero attached hydrogens (tertiary/aromatic N) is 2. The summed E-state index contributed by atoms with van der Waals surface area (Å²) in [6, 6.07) is 3.09. The van der Waals surface area contributed by atoms with Gasteiger partial charge in [-0.05, 0) is 26.0 Å². The number of nitrogens with one attached hydrogen (secondary N) is 2. The molecule has 2 amide bonds. The molecule has 0 aromatic carbocycles. The molecule has 0 unspecified atom stereocenters. The standard InChI is InChI=1S/C14H14N4O4/c1-9-11(3-7-21-9)13(19)17-15-5-6-16-18-14(20)12-4-8-22-10(12)2/h3-8H,1-2H3,(H,17,19)(H,18,20). The average molecular weight is 302 g/mol. The Morgan fingerprint density at radius 3 is 1.64 bits per heavy atom. The van der Waals surface area contributed by atoms with E-state index in [1.54, 1.807) is 26.0 Å². The number of hydrogen-bond acceptors (Lipinski definition) is 6. The number of carbonyl (C=O) groups is 2. The number of aryl methyl sites for hydroxylation is 2. The van der Waals surface area contributed by atoms with Gasteiger partial charge in [0, 0.05) is 0 Å². The highest BCUT2D eigenvalue weighted by Crippen LogP contribution is 2.08. The molecule has 114 valence electrons. The van der Waals surface area contributed by atoms with Gasteiger partial charge in [0.05, 0.1) is 36.1 Å². The van der Waals surface area contributed by atoms with Crippen LogP contribution in [0.4, 0.5) is 0 Å².